The number of hydrogen-bond donors (Lipinski definition) is 0. The van der Waals surface area contributed by atoms with Gasteiger partial charge >= 0.3 is 0 Å². The zero-order valence-corrected chi connectivity index (χ0v) is 11.0. The molecule has 3 rings (SSSR count). The van der Waals surface area contributed by atoms with Crippen molar-refractivity contribution in [1.82, 2.24) is 9.78 Å². The summed E-state index contributed by atoms with van der Waals surface area (Å²) in [5.74, 6) is 0.775. The largest absolute Gasteiger partial charge is 0.295 e. The number of nitrogens with zero attached hydrogens (tertiary/aromatic N) is 4. The number of carbonyl (C=O) groups excluding carboxylic acids is 1. The predicted molar refractivity (Wildman–Crippen MR) is 74.5 cm³/mol. The van der Waals surface area contributed by atoms with Crippen molar-refractivity contribution >= 4 is 11.7 Å². The van der Waals surface area contributed by atoms with Crippen LogP contribution in [0.25, 0.3) is 5.69 Å². The minimum atomic E-state index is 0.120. The third-order valence-corrected chi connectivity index (χ3v) is 3.45. The number of anilines is 1. The minimum absolute atomic E-state index is 0.120. The number of aromatic nitrogens is 2. The summed E-state index contributed by atoms with van der Waals surface area (Å²) in [6, 6.07) is 11.2. The van der Waals surface area contributed by atoms with E-state index in [1.54, 1.807) is 21.8 Å². The van der Waals surface area contributed by atoms with Crippen molar-refractivity contribution in [3.63, 3.8) is 0 Å². The lowest BCUT2D eigenvalue weighted by atomic mass is 10.1. The van der Waals surface area contributed by atoms with Crippen molar-refractivity contribution in [3.8, 4) is 11.8 Å². The van der Waals surface area contributed by atoms with Gasteiger partial charge in [-0.2, -0.15) is 5.26 Å². The molecule has 0 saturated carbocycles. The van der Waals surface area contributed by atoms with Crippen LogP contribution in [0.4, 0.5) is 5.82 Å². The highest BCUT2D eigenvalue weighted by Crippen LogP contribution is 2.21. The molecule has 0 radical (unpaired) electrons. The summed E-state index contributed by atoms with van der Waals surface area (Å²) >= 11 is 0. The number of hydrogen-bond acceptors (Lipinski definition) is 3. The molecule has 1 aromatic carbocycles. The van der Waals surface area contributed by atoms with Gasteiger partial charge in [-0.1, -0.05) is 12.1 Å². The Hall–Kier alpha value is -2.61. The highest BCUT2D eigenvalue weighted by atomic mass is 16.2. The molecule has 0 spiro atoms. The van der Waals surface area contributed by atoms with Crippen LogP contribution in [0.3, 0.4) is 0 Å². The fourth-order valence-corrected chi connectivity index (χ4v) is 2.41. The SMILES string of the molecule is N#Cc1ccccc1-n1ccc(N2CCCCC2=O)n1. The molecule has 2 aromatic rings. The Kier molecular flexibility index (Phi) is 3.21. The highest BCUT2D eigenvalue weighted by Gasteiger charge is 2.21. The Balaban J connectivity index is 1.94. The maximum absolute atomic E-state index is 11.9. The summed E-state index contributed by atoms with van der Waals surface area (Å²) in [5.41, 5.74) is 1.29. The number of amides is 1. The van der Waals surface area contributed by atoms with Crippen LogP contribution in [0.1, 0.15) is 24.8 Å². The first-order valence-electron chi connectivity index (χ1n) is 6.65. The molecule has 0 unspecified atom stereocenters. The molecule has 5 nitrogen and oxygen atoms in total. The third-order valence-electron chi connectivity index (χ3n) is 3.45. The molecule has 2 heterocycles. The number of benzene rings is 1. The molecule has 1 amide bonds. The number of rotatable bonds is 2. The Morgan fingerprint density at radius 2 is 2.05 bits per heavy atom. The van der Waals surface area contributed by atoms with Crippen LogP contribution >= 0.6 is 0 Å². The maximum atomic E-state index is 11.9. The summed E-state index contributed by atoms with van der Waals surface area (Å²) in [4.78, 5) is 13.6. The Bertz CT molecular complexity index is 683. The molecule has 20 heavy (non-hydrogen) atoms. The van der Waals surface area contributed by atoms with E-state index in [4.69, 9.17) is 5.26 Å². The van der Waals surface area contributed by atoms with E-state index < -0.39 is 0 Å². The van der Waals surface area contributed by atoms with Gasteiger partial charge in [0.05, 0.1) is 11.3 Å². The van der Waals surface area contributed by atoms with Gasteiger partial charge in [-0.05, 0) is 25.0 Å². The summed E-state index contributed by atoms with van der Waals surface area (Å²) in [6.07, 6.45) is 4.33. The van der Waals surface area contributed by atoms with Crippen molar-refractivity contribution in [2.24, 2.45) is 0 Å². The molecule has 0 atom stereocenters. The van der Waals surface area contributed by atoms with E-state index in [1.807, 2.05) is 24.3 Å². The van der Waals surface area contributed by atoms with Crippen LogP contribution in [0, 0.1) is 11.3 Å². The van der Waals surface area contributed by atoms with Crippen LogP contribution in [0.2, 0.25) is 0 Å². The summed E-state index contributed by atoms with van der Waals surface area (Å²) in [5, 5.41) is 13.6. The first kappa shape index (κ1) is 12.4. The lowest BCUT2D eigenvalue weighted by Gasteiger charge is -2.24. The van der Waals surface area contributed by atoms with E-state index in [0.717, 1.165) is 25.1 Å². The smallest absolute Gasteiger partial charge is 0.228 e. The number of piperidine rings is 1. The molecular weight excluding hydrogens is 252 g/mol. The molecule has 1 aliphatic heterocycles. The van der Waals surface area contributed by atoms with E-state index >= 15 is 0 Å². The van der Waals surface area contributed by atoms with E-state index in [0.29, 0.717) is 17.8 Å². The van der Waals surface area contributed by atoms with E-state index in [9.17, 15) is 4.79 Å². The molecule has 0 aliphatic carbocycles. The fraction of sp³-hybridized carbons (Fsp3) is 0.267. The second kappa shape index (κ2) is 5.17. The monoisotopic (exact) mass is 266 g/mol. The van der Waals surface area contributed by atoms with E-state index in [1.165, 1.54) is 0 Å². The van der Waals surface area contributed by atoms with Crippen molar-refractivity contribution in [1.29, 1.82) is 5.26 Å². The second-order valence-corrected chi connectivity index (χ2v) is 4.75. The first-order chi connectivity index (χ1) is 9.79. The van der Waals surface area contributed by atoms with Gasteiger partial charge in [0.1, 0.15) is 6.07 Å². The molecule has 100 valence electrons. The van der Waals surface area contributed by atoms with Crippen molar-refractivity contribution in [2.45, 2.75) is 19.3 Å². The van der Waals surface area contributed by atoms with E-state index in [2.05, 4.69) is 11.2 Å². The third kappa shape index (κ3) is 2.16. The van der Waals surface area contributed by atoms with Crippen molar-refractivity contribution < 1.29 is 4.79 Å². The molecule has 1 fully saturated rings. The normalized spacial score (nSPS) is 15.2. The Morgan fingerprint density at radius 1 is 1.20 bits per heavy atom. The molecule has 5 heteroatoms. The van der Waals surface area contributed by atoms with Crippen LogP contribution < -0.4 is 4.90 Å². The average molecular weight is 266 g/mol. The van der Waals surface area contributed by atoms with Crippen LogP contribution in [0.5, 0.6) is 0 Å². The lowest BCUT2D eigenvalue weighted by molar-refractivity contribution is -0.119. The van der Waals surface area contributed by atoms with Crippen LogP contribution in [-0.2, 0) is 4.79 Å². The Morgan fingerprint density at radius 3 is 2.85 bits per heavy atom. The van der Waals surface area contributed by atoms with Gasteiger partial charge in [-0.3, -0.25) is 9.69 Å². The second-order valence-electron chi connectivity index (χ2n) is 4.75. The molecule has 0 N–H and O–H groups in total. The van der Waals surface area contributed by atoms with Gasteiger partial charge in [0.2, 0.25) is 5.91 Å². The van der Waals surface area contributed by atoms with Gasteiger partial charge < -0.3 is 0 Å². The average Bonchev–Trinajstić information content (AvgIpc) is 2.97. The minimum Gasteiger partial charge on any atom is -0.295 e. The van der Waals surface area contributed by atoms with Gasteiger partial charge in [-0.15, -0.1) is 5.10 Å². The zero-order chi connectivity index (χ0) is 13.9. The zero-order valence-electron chi connectivity index (χ0n) is 11.0. The van der Waals surface area contributed by atoms with Crippen molar-refractivity contribution in [2.75, 3.05) is 11.4 Å². The molecule has 1 aliphatic rings. The number of carbonyl (C=O) groups is 1. The number of para-hydroxylation sites is 1. The lowest BCUT2D eigenvalue weighted by Crippen LogP contribution is -2.35. The van der Waals surface area contributed by atoms with E-state index in [-0.39, 0.29) is 5.91 Å². The quantitative estimate of drug-likeness (QED) is 0.837. The predicted octanol–water partition coefficient (Wildman–Crippen LogP) is 2.26. The van der Waals surface area contributed by atoms with Crippen LogP contribution in [0.15, 0.2) is 36.5 Å². The van der Waals surface area contributed by atoms with Crippen LogP contribution in [-0.4, -0.2) is 22.2 Å². The summed E-state index contributed by atoms with van der Waals surface area (Å²) in [7, 11) is 0. The maximum Gasteiger partial charge on any atom is 0.228 e. The number of nitriles is 1. The molecule has 0 bridgehead atoms. The van der Waals surface area contributed by atoms with Gasteiger partial charge in [0.25, 0.3) is 0 Å². The summed E-state index contributed by atoms with van der Waals surface area (Å²) in [6.45, 7) is 0.718. The standard InChI is InChI=1S/C15H14N4O/c16-11-12-5-1-2-6-13(12)19-10-8-14(17-19)18-9-4-3-7-15(18)20/h1-2,5-6,8,10H,3-4,7,9H2. The highest BCUT2D eigenvalue weighted by molar-refractivity contribution is 5.92. The fourth-order valence-electron chi connectivity index (χ4n) is 2.41. The van der Waals surface area contributed by atoms with Gasteiger partial charge in [-0.25, -0.2) is 4.68 Å². The Labute approximate surface area is 117 Å². The topological polar surface area (TPSA) is 61.9 Å². The summed E-state index contributed by atoms with van der Waals surface area (Å²) < 4.78 is 1.65. The first-order valence-corrected chi connectivity index (χ1v) is 6.65. The van der Waals surface area contributed by atoms with Gasteiger partial charge in [0, 0.05) is 25.2 Å². The molecular formula is C15H14N4O. The van der Waals surface area contributed by atoms with Gasteiger partial charge in [0.15, 0.2) is 5.82 Å². The molecule has 1 aromatic heterocycles. The van der Waals surface area contributed by atoms with Crippen molar-refractivity contribution in [3.05, 3.63) is 42.1 Å². The molecule has 1 saturated heterocycles.